The van der Waals surface area contributed by atoms with Crippen LogP contribution in [0.2, 0.25) is 0 Å². The Morgan fingerprint density at radius 2 is 2.10 bits per heavy atom. The van der Waals surface area contributed by atoms with Crippen molar-refractivity contribution in [3.8, 4) is 0 Å². The maximum Gasteiger partial charge on any atom is 0.322 e. The van der Waals surface area contributed by atoms with Gasteiger partial charge in [0.15, 0.2) is 0 Å². The molecular formula is C13H20N4O3. The van der Waals surface area contributed by atoms with Crippen LogP contribution in [0.5, 0.6) is 0 Å². The van der Waals surface area contributed by atoms with E-state index < -0.39 is 11.6 Å². The number of nitrogens with one attached hydrogen (secondary N) is 2. The first-order valence-corrected chi connectivity index (χ1v) is 7.20. The molecule has 1 saturated carbocycles. The molecule has 2 aliphatic heterocycles. The molecule has 1 aliphatic carbocycles. The van der Waals surface area contributed by atoms with Gasteiger partial charge in [-0.3, -0.25) is 14.9 Å². The second-order valence-electron chi connectivity index (χ2n) is 6.05. The highest BCUT2D eigenvalue weighted by molar-refractivity contribution is 6.07. The largest absolute Gasteiger partial charge is 0.340 e. The van der Waals surface area contributed by atoms with Gasteiger partial charge in [-0.05, 0) is 25.7 Å². The lowest BCUT2D eigenvalue weighted by atomic mass is 9.88. The number of imide groups is 1. The fourth-order valence-corrected chi connectivity index (χ4v) is 3.59. The Kier molecular flexibility index (Phi) is 3.16. The van der Waals surface area contributed by atoms with Crippen LogP contribution in [-0.4, -0.2) is 47.4 Å². The summed E-state index contributed by atoms with van der Waals surface area (Å²) in [4.78, 5) is 37.5. The van der Waals surface area contributed by atoms with Gasteiger partial charge in [0.1, 0.15) is 5.54 Å². The smallest absolute Gasteiger partial charge is 0.322 e. The molecule has 0 aromatic heterocycles. The van der Waals surface area contributed by atoms with Gasteiger partial charge < -0.3 is 16.0 Å². The van der Waals surface area contributed by atoms with Crippen molar-refractivity contribution in [2.75, 3.05) is 13.1 Å². The summed E-state index contributed by atoms with van der Waals surface area (Å²) in [6, 6.07) is -0.547. The molecule has 4 amide bonds. The Balaban J connectivity index is 1.74. The number of hydrogen-bond acceptors (Lipinski definition) is 4. The third kappa shape index (κ3) is 2.06. The van der Waals surface area contributed by atoms with E-state index in [1.54, 1.807) is 4.90 Å². The van der Waals surface area contributed by atoms with E-state index in [1.807, 2.05) is 0 Å². The molecule has 3 aliphatic rings. The molecule has 7 heteroatoms. The van der Waals surface area contributed by atoms with Crippen molar-refractivity contribution in [1.82, 2.24) is 15.5 Å². The first-order chi connectivity index (χ1) is 9.52. The second-order valence-corrected chi connectivity index (χ2v) is 6.05. The summed E-state index contributed by atoms with van der Waals surface area (Å²) < 4.78 is 0. The molecule has 2 heterocycles. The topological polar surface area (TPSA) is 105 Å². The summed E-state index contributed by atoms with van der Waals surface area (Å²) in [5.74, 6) is -0.427. The number of rotatable bonds is 1. The number of likely N-dealkylation sites (tertiary alicyclic amines) is 1. The molecule has 3 unspecified atom stereocenters. The van der Waals surface area contributed by atoms with Crippen molar-refractivity contribution in [3.63, 3.8) is 0 Å². The molecule has 4 N–H and O–H groups in total. The zero-order chi connectivity index (χ0) is 14.3. The minimum Gasteiger partial charge on any atom is -0.340 e. The fraction of sp³-hybridized carbons (Fsp3) is 0.769. The van der Waals surface area contributed by atoms with Crippen molar-refractivity contribution < 1.29 is 14.4 Å². The van der Waals surface area contributed by atoms with Crippen molar-refractivity contribution >= 4 is 17.8 Å². The SMILES string of the molecule is NC1CCCC1C(=O)N1CCCC2(C1)NC(=O)NC2=O. The minimum absolute atomic E-state index is 0.0306. The average Bonchev–Trinajstić information content (AvgIpc) is 2.94. The summed E-state index contributed by atoms with van der Waals surface area (Å²) in [5.41, 5.74) is 5.05. The summed E-state index contributed by atoms with van der Waals surface area (Å²) in [6.45, 7) is 0.888. The van der Waals surface area contributed by atoms with Crippen LogP contribution in [-0.2, 0) is 9.59 Å². The number of nitrogens with zero attached hydrogens (tertiary/aromatic N) is 1. The van der Waals surface area contributed by atoms with Crippen LogP contribution in [0, 0.1) is 5.92 Å². The van der Waals surface area contributed by atoms with E-state index in [4.69, 9.17) is 5.73 Å². The minimum atomic E-state index is -0.937. The molecule has 0 aromatic carbocycles. The van der Waals surface area contributed by atoms with Gasteiger partial charge in [0, 0.05) is 12.6 Å². The highest BCUT2D eigenvalue weighted by Crippen LogP contribution is 2.30. The lowest BCUT2D eigenvalue weighted by Gasteiger charge is -2.39. The Hall–Kier alpha value is -1.63. The lowest BCUT2D eigenvalue weighted by molar-refractivity contribution is -0.140. The molecule has 1 spiro atoms. The molecule has 0 bridgehead atoms. The third-order valence-electron chi connectivity index (χ3n) is 4.71. The maximum absolute atomic E-state index is 12.5. The number of urea groups is 1. The van der Waals surface area contributed by atoms with Gasteiger partial charge in [-0.15, -0.1) is 0 Å². The van der Waals surface area contributed by atoms with Crippen molar-refractivity contribution in [3.05, 3.63) is 0 Å². The number of carbonyl (C=O) groups excluding carboxylic acids is 3. The maximum atomic E-state index is 12.5. The number of hydrogen-bond donors (Lipinski definition) is 3. The number of nitrogens with two attached hydrogens (primary N) is 1. The Bertz CT molecular complexity index is 467. The van der Waals surface area contributed by atoms with E-state index in [9.17, 15) is 14.4 Å². The van der Waals surface area contributed by atoms with Crippen molar-refractivity contribution in [2.45, 2.75) is 43.7 Å². The average molecular weight is 280 g/mol. The monoisotopic (exact) mass is 280 g/mol. The first-order valence-electron chi connectivity index (χ1n) is 7.20. The molecule has 3 atom stereocenters. The van der Waals surface area contributed by atoms with E-state index in [0.717, 1.165) is 19.3 Å². The second kappa shape index (κ2) is 4.73. The summed E-state index contributed by atoms with van der Waals surface area (Å²) in [7, 11) is 0. The van der Waals surface area contributed by atoms with Gasteiger partial charge >= 0.3 is 6.03 Å². The quantitative estimate of drug-likeness (QED) is 0.553. The third-order valence-corrected chi connectivity index (χ3v) is 4.71. The van der Waals surface area contributed by atoms with Crippen molar-refractivity contribution in [2.24, 2.45) is 11.7 Å². The van der Waals surface area contributed by atoms with Gasteiger partial charge in [0.05, 0.1) is 12.5 Å². The number of carbonyl (C=O) groups is 3. The first kappa shape index (κ1) is 13.4. The van der Waals surface area contributed by atoms with Gasteiger partial charge in [0.25, 0.3) is 5.91 Å². The molecule has 3 fully saturated rings. The number of piperidine rings is 1. The highest BCUT2D eigenvalue weighted by Gasteiger charge is 2.50. The van der Waals surface area contributed by atoms with Crippen LogP contribution < -0.4 is 16.4 Å². The Labute approximate surface area is 117 Å². The van der Waals surface area contributed by atoms with Crippen LogP contribution in [0.1, 0.15) is 32.1 Å². The van der Waals surface area contributed by atoms with E-state index in [-0.39, 0.29) is 30.3 Å². The van der Waals surface area contributed by atoms with E-state index in [1.165, 1.54) is 0 Å². The Morgan fingerprint density at radius 3 is 2.70 bits per heavy atom. The zero-order valence-corrected chi connectivity index (χ0v) is 11.4. The molecule has 7 nitrogen and oxygen atoms in total. The van der Waals surface area contributed by atoms with E-state index in [2.05, 4.69) is 10.6 Å². The zero-order valence-electron chi connectivity index (χ0n) is 11.4. The summed E-state index contributed by atoms with van der Waals surface area (Å²) in [5, 5.41) is 4.94. The van der Waals surface area contributed by atoms with Gasteiger partial charge in [-0.2, -0.15) is 0 Å². The van der Waals surface area contributed by atoms with Crippen LogP contribution in [0.4, 0.5) is 4.79 Å². The van der Waals surface area contributed by atoms with E-state index >= 15 is 0 Å². The summed E-state index contributed by atoms with van der Waals surface area (Å²) >= 11 is 0. The molecule has 3 rings (SSSR count). The fourth-order valence-electron chi connectivity index (χ4n) is 3.59. The summed E-state index contributed by atoms with van der Waals surface area (Å²) in [6.07, 6.45) is 3.97. The standard InChI is InChI=1S/C13H20N4O3/c14-9-4-1-3-8(9)10(18)17-6-2-5-13(7-17)11(19)15-12(20)16-13/h8-9H,1-7,14H2,(H2,15,16,19,20). The highest BCUT2D eigenvalue weighted by atomic mass is 16.2. The van der Waals surface area contributed by atoms with Crippen LogP contribution in [0.3, 0.4) is 0 Å². The van der Waals surface area contributed by atoms with Gasteiger partial charge in [0.2, 0.25) is 5.91 Å². The van der Waals surface area contributed by atoms with Crippen LogP contribution in [0.15, 0.2) is 0 Å². The van der Waals surface area contributed by atoms with Crippen molar-refractivity contribution in [1.29, 1.82) is 0 Å². The number of amides is 4. The molecule has 20 heavy (non-hydrogen) atoms. The van der Waals surface area contributed by atoms with E-state index in [0.29, 0.717) is 19.4 Å². The van der Waals surface area contributed by atoms with Crippen LogP contribution >= 0.6 is 0 Å². The molecule has 110 valence electrons. The molecule has 0 radical (unpaired) electrons. The van der Waals surface area contributed by atoms with Gasteiger partial charge in [-0.25, -0.2) is 4.79 Å². The molecule has 2 saturated heterocycles. The predicted octanol–water partition coefficient (Wildman–Crippen LogP) is -0.686. The lowest BCUT2D eigenvalue weighted by Crippen LogP contribution is -2.60. The normalized spacial score (nSPS) is 37.1. The Morgan fingerprint density at radius 1 is 1.30 bits per heavy atom. The molecule has 0 aromatic rings. The molecular weight excluding hydrogens is 260 g/mol. The van der Waals surface area contributed by atoms with Gasteiger partial charge in [-0.1, -0.05) is 6.42 Å². The van der Waals surface area contributed by atoms with Crippen LogP contribution in [0.25, 0.3) is 0 Å². The predicted molar refractivity (Wildman–Crippen MR) is 70.5 cm³/mol.